The topological polar surface area (TPSA) is 97.4 Å². The van der Waals surface area contributed by atoms with Gasteiger partial charge in [-0.05, 0) is 0 Å². The highest BCUT2D eigenvalue weighted by atomic mass is 16.6. The smallest absolute Gasteiger partial charge is 0.303 e. The highest BCUT2D eigenvalue weighted by Crippen LogP contribution is 2.14. The molecule has 4 atom stereocenters. The molecular weight excluding hydrogens is 284 g/mol. The van der Waals surface area contributed by atoms with Crippen LogP contribution in [0.5, 0.6) is 0 Å². The second-order valence-electron chi connectivity index (χ2n) is 4.12. The number of carbonyl (C=O) groups is 3. The number of ether oxygens (including phenoxy) is 5. The number of carbonyl (C=O) groups excluding carboxylic acids is 3. The molecule has 0 aromatic carbocycles. The van der Waals surface area contributed by atoms with Crippen molar-refractivity contribution in [3.05, 3.63) is 0 Å². The summed E-state index contributed by atoms with van der Waals surface area (Å²) < 4.78 is 32.7. The van der Waals surface area contributed by atoms with Crippen LogP contribution in [0, 0.1) is 0 Å². The maximum atomic E-state index is 11.2. The highest BCUT2D eigenvalue weighted by molar-refractivity contribution is 5.67. The Kier molecular flexibility index (Phi) is 8.37. The molecule has 0 aliphatic carbocycles. The first kappa shape index (κ1) is 17.4. The van der Waals surface area contributed by atoms with Crippen molar-refractivity contribution in [1.82, 2.24) is 0 Å². The quantitative estimate of drug-likeness (QED) is 0.436. The Hall–Kier alpha value is -1.67. The lowest BCUT2D eigenvalue weighted by Crippen LogP contribution is -2.47. The Balaban J connectivity index is 5.33. The molecule has 0 aromatic rings. The third kappa shape index (κ3) is 8.26. The molecule has 8 heteroatoms. The van der Waals surface area contributed by atoms with Gasteiger partial charge < -0.3 is 23.7 Å². The first-order chi connectivity index (χ1) is 10.2. The summed E-state index contributed by atoms with van der Waals surface area (Å²) >= 11 is 0. The molecule has 0 aliphatic rings. The Morgan fingerprint density at radius 3 is 1.86 bits per heavy atom. The fourth-order valence-electron chi connectivity index (χ4n) is 1.60. The minimum Gasteiger partial charge on any atom is -0.462 e. The Morgan fingerprint density at radius 1 is 0.952 bits per heavy atom. The van der Waals surface area contributed by atoms with Gasteiger partial charge in [0.1, 0.15) is 12.7 Å². The number of hydrogen-bond donors (Lipinski definition) is 0. The van der Waals surface area contributed by atoms with Crippen LogP contribution in [-0.4, -0.2) is 63.6 Å². The average molecular weight is 307 g/mol. The van der Waals surface area contributed by atoms with Crippen molar-refractivity contribution in [2.75, 3.05) is 27.4 Å². The van der Waals surface area contributed by atoms with Crippen LogP contribution >= 0.6 is 0 Å². The Morgan fingerprint density at radius 2 is 1.48 bits per heavy atom. The number of rotatable bonds is 9. The molecule has 0 heterocycles. The van der Waals surface area contributed by atoms with Crippen molar-refractivity contribution >= 4 is 17.9 Å². The third-order valence-corrected chi connectivity index (χ3v) is 2.28. The summed E-state index contributed by atoms with van der Waals surface area (Å²) in [5, 5.41) is 0. The molecule has 1 unspecified atom stereocenters. The van der Waals surface area contributed by atoms with Crippen LogP contribution in [0.4, 0.5) is 0 Å². The average Bonchev–Trinajstić information content (AvgIpc) is 2.36. The number of hydrogen-bond acceptors (Lipinski definition) is 8. The molecule has 0 aromatic heterocycles. The van der Waals surface area contributed by atoms with E-state index in [1.165, 1.54) is 21.1 Å². The second-order valence-corrected chi connectivity index (χ2v) is 4.12. The van der Waals surface area contributed by atoms with Gasteiger partial charge in [0.2, 0.25) is 0 Å². The molecule has 0 spiro atoms. The zero-order chi connectivity index (χ0) is 17.3. The molecule has 0 amide bonds. The lowest BCUT2D eigenvalue weighted by Gasteiger charge is -2.30. The molecule has 0 aliphatic heterocycles. The van der Waals surface area contributed by atoms with Crippen LogP contribution in [0.2, 0.25) is 0 Å². The highest BCUT2D eigenvalue weighted by Gasteiger charge is 2.35. The van der Waals surface area contributed by atoms with Gasteiger partial charge in [-0.1, -0.05) is 0 Å². The predicted molar refractivity (Wildman–Crippen MR) is 70.4 cm³/mol. The van der Waals surface area contributed by atoms with E-state index < -0.39 is 42.8 Å². The molecule has 0 rings (SSSR count). The maximum absolute atomic E-state index is 11.2. The van der Waals surface area contributed by atoms with E-state index in [2.05, 4.69) is 0 Å². The molecule has 0 saturated carbocycles. The van der Waals surface area contributed by atoms with Gasteiger partial charge in [-0.3, -0.25) is 14.4 Å². The van der Waals surface area contributed by atoms with Gasteiger partial charge in [0, 0.05) is 35.0 Å². The molecule has 0 bridgehead atoms. The molecule has 21 heavy (non-hydrogen) atoms. The summed E-state index contributed by atoms with van der Waals surface area (Å²) in [6.07, 6.45) is -3.28. The van der Waals surface area contributed by atoms with Crippen LogP contribution < -0.4 is 0 Å². The van der Waals surface area contributed by atoms with E-state index in [0.29, 0.717) is 0 Å². The zero-order valence-electron chi connectivity index (χ0n) is 13.8. The van der Waals surface area contributed by atoms with Gasteiger partial charge in [0.15, 0.2) is 12.2 Å². The van der Waals surface area contributed by atoms with Crippen LogP contribution in [0.3, 0.4) is 0 Å². The van der Waals surface area contributed by atoms with E-state index in [9.17, 15) is 14.4 Å². The number of esters is 3. The summed E-state index contributed by atoms with van der Waals surface area (Å²) in [5.74, 6) is -2.02. The van der Waals surface area contributed by atoms with Crippen LogP contribution in [0.1, 0.15) is 22.1 Å². The van der Waals surface area contributed by atoms with E-state index in [4.69, 9.17) is 25.1 Å². The third-order valence-electron chi connectivity index (χ3n) is 2.28. The van der Waals surface area contributed by atoms with Gasteiger partial charge in [0.25, 0.3) is 0 Å². The van der Waals surface area contributed by atoms with E-state index in [0.717, 1.165) is 13.8 Å². The lowest BCUT2D eigenvalue weighted by atomic mass is 10.1. The zero-order valence-corrected chi connectivity index (χ0v) is 12.8. The number of methoxy groups -OCH3 is 2. The van der Waals surface area contributed by atoms with E-state index in [1.807, 2.05) is 0 Å². The minimum absolute atomic E-state index is 0.0529. The van der Waals surface area contributed by atoms with Crippen LogP contribution in [-0.2, 0) is 38.1 Å². The minimum atomic E-state index is -1.54. The monoisotopic (exact) mass is 307 g/mol. The van der Waals surface area contributed by atoms with Crippen molar-refractivity contribution in [3.63, 3.8) is 0 Å². The first-order valence-electron chi connectivity index (χ1n) is 6.76. The van der Waals surface area contributed by atoms with Crippen molar-refractivity contribution in [2.24, 2.45) is 0 Å². The van der Waals surface area contributed by atoms with Gasteiger partial charge in [-0.25, -0.2) is 0 Å². The summed E-state index contributed by atoms with van der Waals surface area (Å²) in [4.78, 5) is 33.4. The molecule has 0 radical (unpaired) electrons. The summed E-state index contributed by atoms with van der Waals surface area (Å²) in [5.41, 5.74) is 0. The van der Waals surface area contributed by atoms with Gasteiger partial charge >= 0.3 is 17.9 Å². The summed E-state index contributed by atoms with van der Waals surface area (Å²) in [6.45, 7) is 1.86. The molecule has 0 N–H and O–H groups in total. The predicted octanol–water partition coefficient (Wildman–Crippen LogP) is 0.0743. The maximum Gasteiger partial charge on any atom is 0.303 e. The fraction of sp³-hybridized carbons (Fsp3) is 0.769. The Bertz CT molecular complexity index is 386. The second kappa shape index (κ2) is 10.1. The Labute approximate surface area is 125 Å². The fourth-order valence-corrected chi connectivity index (χ4v) is 1.60. The van der Waals surface area contributed by atoms with Crippen LogP contribution in [0.15, 0.2) is 0 Å². The van der Waals surface area contributed by atoms with E-state index in [1.54, 1.807) is 0 Å². The van der Waals surface area contributed by atoms with Gasteiger partial charge in [-0.2, -0.15) is 0 Å². The largest absolute Gasteiger partial charge is 0.462 e. The van der Waals surface area contributed by atoms with Crippen molar-refractivity contribution in [1.29, 1.82) is 0 Å². The van der Waals surface area contributed by atoms with Crippen molar-refractivity contribution in [2.45, 2.75) is 39.1 Å². The van der Waals surface area contributed by atoms with E-state index >= 15 is 0 Å². The normalized spacial score (nSPS) is 16.9. The summed E-state index contributed by atoms with van der Waals surface area (Å²) in [6, 6.07) is 0. The van der Waals surface area contributed by atoms with Crippen LogP contribution in [0.25, 0.3) is 0 Å². The summed E-state index contributed by atoms with van der Waals surface area (Å²) in [7, 11) is 2.67. The molecule has 8 nitrogen and oxygen atoms in total. The standard InChI is InChI=1S/C13H22O8/c1-8(14)19-7-12(21-10(3)16)13(18-5)11(6-17-4)20-9(2)15/h11-13H,6-7H2,1-5H3/t11-,12-,13-/m1/s1/i7D/t7?,11-,12-,13-. The van der Waals surface area contributed by atoms with E-state index in [-0.39, 0.29) is 6.61 Å². The SMILES string of the molecule is [2H]C(OC(C)=O)[C@@H](OC(C)=O)[C@H](OC)[C@@H](COC)OC(C)=O. The van der Waals surface area contributed by atoms with Gasteiger partial charge in [-0.15, -0.1) is 0 Å². The molecule has 122 valence electrons. The molecule has 0 saturated heterocycles. The van der Waals surface area contributed by atoms with Gasteiger partial charge in [0.05, 0.1) is 7.98 Å². The molecular formula is C13H22O8. The molecule has 0 fully saturated rings. The van der Waals surface area contributed by atoms with Crippen molar-refractivity contribution in [3.8, 4) is 0 Å². The van der Waals surface area contributed by atoms with Crippen molar-refractivity contribution < 1.29 is 39.4 Å². The lowest BCUT2D eigenvalue weighted by molar-refractivity contribution is -0.183. The first-order valence-corrected chi connectivity index (χ1v) is 6.18.